The molecule has 0 aromatic heterocycles. The van der Waals surface area contributed by atoms with E-state index in [1.807, 2.05) is 106 Å². The Bertz CT molecular complexity index is 1200. The summed E-state index contributed by atoms with van der Waals surface area (Å²) in [6.45, 7) is 3.96. The highest BCUT2D eigenvalue weighted by Gasteiger charge is 2.47. The van der Waals surface area contributed by atoms with Gasteiger partial charge in [0.1, 0.15) is 0 Å². The highest BCUT2D eigenvalue weighted by molar-refractivity contribution is 5.98. The van der Waals surface area contributed by atoms with Crippen LogP contribution >= 0.6 is 0 Å². The van der Waals surface area contributed by atoms with Gasteiger partial charge in [-0.05, 0) is 50.2 Å². The number of nitrogens with zero attached hydrogens (tertiary/aromatic N) is 2. The zero-order valence-electron chi connectivity index (χ0n) is 19.4. The lowest BCUT2D eigenvalue weighted by Gasteiger charge is -2.15. The fourth-order valence-electron chi connectivity index (χ4n) is 3.97. The number of aryl methyl sites for hydroxylation is 2. The molecular formula is C27H29N4O2+. The van der Waals surface area contributed by atoms with Crippen LogP contribution in [0.2, 0.25) is 0 Å². The van der Waals surface area contributed by atoms with Crippen molar-refractivity contribution in [2.24, 2.45) is 0 Å². The molecule has 2 N–H and O–H groups in total. The van der Waals surface area contributed by atoms with Crippen LogP contribution in [-0.2, 0) is 4.79 Å². The van der Waals surface area contributed by atoms with E-state index in [-0.39, 0.29) is 17.9 Å². The number of hydrogen-bond donors (Lipinski definition) is 2. The van der Waals surface area contributed by atoms with E-state index < -0.39 is 6.04 Å². The number of benzene rings is 3. The highest BCUT2D eigenvalue weighted by atomic mass is 16.2. The van der Waals surface area contributed by atoms with Crippen molar-refractivity contribution in [3.05, 3.63) is 101 Å². The molecule has 1 fully saturated rings. The van der Waals surface area contributed by atoms with Crippen LogP contribution in [0, 0.1) is 13.8 Å². The monoisotopic (exact) mass is 441 g/mol. The molecule has 0 saturated carbocycles. The van der Waals surface area contributed by atoms with Gasteiger partial charge >= 0.3 is 5.91 Å². The van der Waals surface area contributed by atoms with Gasteiger partial charge in [0.05, 0.1) is 0 Å². The Morgan fingerprint density at radius 2 is 1.67 bits per heavy atom. The smallest absolute Gasteiger partial charge is 0.304 e. The van der Waals surface area contributed by atoms with Crippen molar-refractivity contribution in [1.29, 1.82) is 0 Å². The van der Waals surface area contributed by atoms with E-state index in [4.69, 9.17) is 0 Å². The lowest BCUT2D eigenvalue weighted by molar-refractivity contribution is -0.596. The van der Waals surface area contributed by atoms with E-state index in [9.17, 15) is 9.59 Å². The maximum absolute atomic E-state index is 13.0. The minimum absolute atomic E-state index is 0.247. The number of amides is 2. The Hall–Kier alpha value is -3.93. The molecule has 33 heavy (non-hydrogen) atoms. The van der Waals surface area contributed by atoms with Crippen LogP contribution in [0.5, 0.6) is 0 Å². The first-order valence-electron chi connectivity index (χ1n) is 11.0. The topological polar surface area (TPSA) is 64.5 Å². The summed E-state index contributed by atoms with van der Waals surface area (Å²) in [4.78, 5) is 28.0. The van der Waals surface area contributed by atoms with Gasteiger partial charge < -0.3 is 10.2 Å². The van der Waals surface area contributed by atoms with Crippen LogP contribution in [0.1, 0.15) is 38.7 Å². The van der Waals surface area contributed by atoms with E-state index in [1.54, 1.807) is 10.8 Å². The Morgan fingerprint density at radius 3 is 2.30 bits per heavy atom. The van der Waals surface area contributed by atoms with Gasteiger partial charge in [-0.25, -0.2) is 0 Å². The molecule has 0 unspecified atom stereocenters. The molecular weight excluding hydrogens is 412 g/mol. The SMILES string of the molecule is Cc1ccc([C@H]2[C@H](NC(=O)c3cccc(C)c3)C(=O)N/[N+]2=C\c2ccc(N(C)C)cc2)cc1. The predicted molar refractivity (Wildman–Crippen MR) is 131 cm³/mol. The van der Waals surface area contributed by atoms with Crippen LogP contribution in [0.15, 0.2) is 72.8 Å². The number of carbonyl (C=O) groups is 2. The normalized spacial score (nSPS) is 18.8. The first-order chi connectivity index (χ1) is 15.8. The van der Waals surface area contributed by atoms with Crippen LogP contribution in [-0.4, -0.2) is 42.9 Å². The van der Waals surface area contributed by atoms with E-state index in [0.717, 1.165) is 27.9 Å². The predicted octanol–water partition coefficient (Wildman–Crippen LogP) is 3.39. The van der Waals surface area contributed by atoms with Crippen molar-refractivity contribution >= 4 is 23.7 Å². The molecule has 1 saturated heterocycles. The number of carbonyl (C=O) groups excluding carboxylic acids is 2. The van der Waals surface area contributed by atoms with E-state index >= 15 is 0 Å². The molecule has 4 rings (SSSR count). The number of anilines is 1. The van der Waals surface area contributed by atoms with E-state index in [0.29, 0.717) is 5.56 Å². The summed E-state index contributed by atoms with van der Waals surface area (Å²) in [5, 5.41) is 2.96. The Morgan fingerprint density at radius 1 is 0.970 bits per heavy atom. The van der Waals surface area contributed by atoms with Gasteiger partial charge in [0, 0.05) is 36.5 Å². The summed E-state index contributed by atoms with van der Waals surface area (Å²) in [6.07, 6.45) is 1.90. The third-order valence-corrected chi connectivity index (χ3v) is 5.82. The van der Waals surface area contributed by atoms with Crippen LogP contribution in [0.25, 0.3) is 0 Å². The van der Waals surface area contributed by atoms with Crippen molar-refractivity contribution in [2.75, 3.05) is 19.0 Å². The molecule has 0 spiro atoms. The molecule has 0 bridgehead atoms. The van der Waals surface area contributed by atoms with Crippen LogP contribution in [0.3, 0.4) is 0 Å². The minimum Gasteiger partial charge on any atom is -0.378 e. The lowest BCUT2D eigenvalue weighted by Crippen LogP contribution is -2.42. The van der Waals surface area contributed by atoms with Gasteiger partial charge in [0.2, 0.25) is 12.3 Å². The quantitative estimate of drug-likeness (QED) is 0.597. The number of nitrogens with one attached hydrogen (secondary N) is 2. The third-order valence-electron chi connectivity index (χ3n) is 5.82. The molecule has 0 radical (unpaired) electrons. The summed E-state index contributed by atoms with van der Waals surface area (Å²) < 4.78 is 1.79. The Labute approximate surface area is 194 Å². The summed E-state index contributed by atoms with van der Waals surface area (Å²) in [7, 11) is 3.99. The average Bonchev–Trinajstić information content (AvgIpc) is 3.09. The zero-order chi connectivity index (χ0) is 23.5. The molecule has 6 nitrogen and oxygen atoms in total. The van der Waals surface area contributed by atoms with Crippen molar-refractivity contribution in [3.8, 4) is 0 Å². The maximum atomic E-state index is 13.0. The van der Waals surface area contributed by atoms with Crippen LogP contribution in [0.4, 0.5) is 5.69 Å². The molecule has 6 heteroatoms. The number of rotatable bonds is 5. The van der Waals surface area contributed by atoms with Crippen LogP contribution < -0.4 is 15.6 Å². The second-order valence-corrected chi connectivity index (χ2v) is 8.67. The highest BCUT2D eigenvalue weighted by Crippen LogP contribution is 2.26. The van der Waals surface area contributed by atoms with Gasteiger partial charge in [-0.3, -0.25) is 9.59 Å². The molecule has 1 aliphatic rings. The summed E-state index contributed by atoms with van der Waals surface area (Å²) in [5.74, 6) is -0.518. The third kappa shape index (κ3) is 4.95. The molecule has 0 aliphatic carbocycles. The van der Waals surface area contributed by atoms with Crippen molar-refractivity contribution in [2.45, 2.75) is 25.9 Å². The van der Waals surface area contributed by atoms with Crippen molar-refractivity contribution < 1.29 is 14.3 Å². The van der Waals surface area contributed by atoms with Gasteiger partial charge in [-0.2, -0.15) is 0 Å². The fraction of sp³-hybridized carbons (Fsp3) is 0.222. The number of hydrazine groups is 1. The average molecular weight is 442 g/mol. The molecule has 168 valence electrons. The minimum atomic E-state index is -0.738. The standard InChI is InChI=1S/C27H28N4O2/c1-18-8-12-21(13-9-18)25-24(28-26(32)22-7-5-6-19(2)16-22)27(33)29-31(25)17-20-10-14-23(15-11-20)30(3)4/h5-17,24-25H,1-4H3,(H-,28,29,32,33)/p+1/t24-,25-/m0/s1. The number of hydrogen-bond acceptors (Lipinski definition) is 3. The van der Waals surface area contributed by atoms with E-state index in [1.165, 1.54) is 0 Å². The molecule has 2 amide bonds. The molecule has 3 aromatic carbocycles. The first kappa shape index (κ1) is 22.3. The Balaban J connectivity index is 1.69. The maximum Gasteiger partial charge on any atom is 0.304 e. The summed E-state index contributed by atoms with van der Waals surface area (Å²) in [6, 6.07) is 22.3. The molecule has 1 heterocycles. The number of hydrazone groups is 1. The second kappa shape index (κ2) is 9.28. The summed E-state index contributed by atoms with van der Waals surface area (Å²) >= 11 is 0. The second-order valence-electron chi connectivity index (χ2n) is 8.67. The van der Waals surface area contributed by atoms with E-state index in [2.05, 4.69) is 10.7 Å². The van der Waals surface area contributed by atoms with Gasteiger partial charge in [-0.15, -0.1) is 10.1 Å². The van der Waals surface area contributed by atoms with Crippen molar-refractivity contribution in [3.63, 3.8) is 0 Å². The molecule has 2 atom stereocenters. The van der Waals surface area contributed by atoms with Gasteiger partial charge in [-0.1, -0.05) is 47.5 Å². The van der Waals surface area contributed by atoms with Gasteiger partial charge in [0.25, 0.3) is 5.91 Å². The molecule has 3 aromatic rings. The van der Waals surface area contributed by atoms with Crippen molar-refractivity contribution in [1.82, 2.24) is 10.7 Å². The molecule has 1 aliphatic heterocycles. The summed E-state index contributed by atoms with van der Waals surface area (Å²) in [5.41, 5.74) is 8.57. The first-order valence-corrected chi connectivity index (χ1v) is 11.0. The fourth-order valence-corrected chi connectivity index (χ4v) is 3.97. The zero-order valence-corrected chi connectivity index (χ0v) is 19.4. The largest absolute Gasteiger partial charge is 0.378 e. The van der Waals surface area contributed by atoms with Gasteiger partial charge in [0.15, 0.2) is 6.04 Å². The lowest BCUT2D eigenvalue weighted by atomic mass is 9.98. The Kier molecular flexibility index (Phi) is 6.27.